The van der Waals surface area contributed by atoms with E-state index < -0.39 is 0 Å². The number of aryl methyl sites for hydroxylation is 2. The van der Waals surface area contributed by atoms with E-state index in [9.17, 15) is 4.79 Å². The lowest BCUT2D eigenvalue weighted by Crippen LogP contribution is -2.30. The van der Waals surface area contributed by atoms with Crippen molar-refractivity contribution < 1.29 is 9.53 Å². The molecule has 2 heterocycles. The summed E-state index contributed by atoms with van der Waals surface area (Å²) in [5, 5.41) is 0.642. The number of fused-ring (bicyclic) bond motifs is 1. The molecule has 1 amide bonds. The number of aromatic nitrogens is 2. The zero-order chi connectivity index (χ0) is 23.5. The lowest BCUT2D eigenvalue weighted by Gasteiger charge is -2.21. The third kappa shape index (κ3) is 4.54. The number of pyridine rings is 1. The van der Waals surface area contributed by atoms with E-state index in [2.05, 4.69) is 31.0 Å². The van der Waals surface area contributed by atoms with Crippen molar-refractivity contribution in [3.05, 3.63) is 114 Å². The quantitative estimate of drug-likeness (QED) is 0.272. The van der Waals surface area contributed by atoms with Crippen molar-refractivity contribution in [1.82, 2.24) is 9.97 Å². The van der Waals surface area contributed by atoms with E-state index in [1.165, 1.54) is 22.5 Å². The van der Waals surface area contributed by atoms with Crippen LogP contribution >= 0.6 is 11.3 Å². The summed E-state index contributed by atoms with van der Waals surface area (Å²) in [6.45, 7) is 4.51. The largest absolute Gasteiger partial charge is 0.457 e. The topological polar surface area (TPSA) is 55.3 Å². The van der Waals surface area contributed by atoms with Crippen LogP contribution in [0.15, 0.2) is 91.3 Å². The molecular weight excluding hydrogens is 442 g/mol. The smallest absolute Gasteiger partial charge is 0.264 e. The van der Waals surface area contributed by atoms with Crippen molar-refractivity contribution in [2.45, 2.75) is 20.4 Å². The predicted molar refractivity (Wildman–Crippen MR) is 137 cm³/mol. The minimum absolute atomic E-state index is 0.178. The van der Waals surface area contributed by atoms with Crippen molar-refractivity contribution in [2.24, 2.45) is 0 Å². The molecule has 0 aliphatic heterocycles. The molecule has 5 aromatic rings. The number of ether oxygens (including phenoxy) is 1. The molecule has 0 fully saturated rings. The highest BCUT2D eigenvalue weighted by atomic mass is 32.1. The number of nitrogens with zero attached hydrogens (tertiary/aromatic N) is 3. The highest BCUT2D eigenvalue weighted by Crippen LogP contribution is 2.34. The molecule has 0 spiro atoms. The first-order valence-corrected chi connectivity index (χ1v) is 11.8. The summed E-state index contributed by atoms with van der Waals surface area (Å²) in [6.07, 6.45) is 3.50. The molecule has 0 bridgehead atoms. The van der Waals surface area contributed by atoms with Gasteiger partial charge in [0.05, 0.1) is 22.3 Å². The van der Waals surface area contributed by atoms with Gasteiger partial charge in [-0.15, -0.1) is 0 Å². The highest BCUT2D eigenvalue weighted by molar-refractivity contribution is 7.22. The maximum Gasteiger partial charge on any atom is 0.264 e. The van der Waals surface area contributed by atoms with Crippen molar-refractivity contribution in [3.63, 3.8) is 0 Å². The summed E-state index contributed by atoms with van der Waals surface area (Å²) in [6, 6.07) is 24.8. The Morgan fingerprint density at radius 1 is 0.941 bits per heavy atom. The Bertz CT molecular complexity index is 1410. The highest BCUT2D eigenvalue weighted by Gasteiger charge is 2.25. The van der Waals surface area contributed by atoms with Gasteiger partial charge in [-0.1, -0.05) is 47.7 Å². The summed E-state index contributed by atoms with van der Waals surface area (Å²) in [7, 11) is 0. The molecule has 5 nitrogen and oxygen atoms in total. The van der Waals surface area contributed by atoms with Gasteiger partial charge in [0.1, 0.15) is 11.5 Å². The standard InChI is InChI=1S/C28H23N3O2S/c1-19-15-24-26(16-20(19)2)34-28(30-24)31(18-21-9-8-14-29-17-21)27(32)23-12-6-7-13-25(23)33-22-10-4-3-5-11-22/h3-17H,18H2,1-2H3. The number of benzene rings is 3. The first-order valence-electron chi connectivity index (χ1n) is 11.0. The summed E-state index contributed by atoms with van der Waals surface area (Å²) in [5.74, 6) is 0.998. The summed E-state index contributed by atoms with van der Waals surface area (Å²) < 4.78 is 7.13. The fraction of sp³-hybridized carbons (Fsp3) is 0.107. The second kappa shape index (κ2) is 9.45. The summed E-state index contributed by atoms with van der Waals surface area (Å²) >= 11 is 1.51. The molecule has 0 aliphatic carbocycles. The average molecular weight is 466 g/mol. The van der Waals surface area contributed by atoms with Gasteiger partial charge in [-0.25, -0.2) is 4.98 Å². The van der Waals surface area contributed by atoms with Gasteiger partial charge in [-0.2, -0.15) is 0 Å². The Morgan fingerprint density at radius 2 is 1.71 bits per heavy atom. The second-order valence-corrected chi connectivity index (χ2v) is 9.07. The molecule has 3 aromatic carbocycles. The second-order valence-electron chi connectivity index (χ2n) is 8.06. The van der Waals surface area contributed by atoms with Gasteiger partial charge in [0, 0.05) is 12.4 Å². The van der Waals surface area contributed by atoms with E-state index in [1.54, 1.807) is 23.4 Å². The Labute approximate surface area is 202 Å². The SMILES string of the molecule is Cc1cc2nc(N(Cc3cccnc3)C(=O)c3ccccc3Oc3ccccc3)sc2cc1C. The number of hydrogen-bond acceptors (Lipinski definition) is 5. The van der Waals surface area contributed by atoms with Crippen molar-refractivity contribution in [2.75, 3.05) is 4.90 Å². The van der Waals surface area contributed by atoms with Crippen LogP contribution in [0.1, 0.15) is 27.0 Å². The number of carbonyl (C=O) groups excluding carboxylic acids is 1. The van der Waals surface area contributed by atoms with Crippen LogP contribution in [-0.4, -0.2) is 15.9 Å². The van der Waals surface area contributed by atoms with E-state index in [0.29, 0.717) is 28.7 Å². The summed E-state index contributed by atoms with van der Waals surface area (Å²) in [5.41, 5.74) is 4.66. The van der Waals surface area contributed by atoms with Gasteiger partial charge in [0.25, 0.3) is 5.91 Å². The monoisotopic (exact) mass is 465 g/mol. The molecule has 0 aliphatic rings. The van der Waals surface area contributed by atoms with Crippen molar-refractivity contribution >= 4 is 32.6 Å². The fourth-order valence-corrected chi connectivity index (χ4v) is 4.72. The zero-order valence-electron chi connectivity index (χ0n) is 18.9. The minimum Gasteiger partial charge on any atom is -0.457 e. The maximum absolute atomic E-state index is 14.0. The molecule has 0 N–H and O–H groups in total. The molecular formula is C28H23N3O2S. The van der Waals surface area contributed by atoms with Crippen molar-refractivity contribution in [3.8, 4) is 11.5 Å². The Morgan fingerprint density at radius 3 is 2.50 bits per heavy atom. The van der Waals surface area contributed by atoms with Crippen LogP contribution in [-0.2, 0) is 6.54 Å². The molecule has 0 saturated heterocycles. The molecule has 0 atom stereocenters. The van der Waals surface area contributed by atoms with E-state index in [4.69, 9.17) is 9.72 Å². The number of anilines is 1. The molecule has 168 valence electrons. The zero-order valence-corrected chi connectivity index (χ0v) is 19.8. The third-order valence-corrected chi connectivity index (χ3v) is 6.66. The van der Waals surface area contributed by atoms with E-state index >= 15 is 0 Å². The maximum atomic E-state index is 14.0. The molecule has 2 aromatic heterocycles. The molecule has 34 heavy (non-hydrogen) atoms. The van der Waals surface area contributed by atoms with Crippen LogP contribution in [0.5, 0.6) is 11.5 Å². The molecule has 6 heteroatoms. The van der Waals surface area contributed by atoms with E-state index in [0.717, 1.165) is 15.8 Å². The lowest BCUT2D eigenvalue weighted by atomic mass is 10.1. The normalized spacial score (nSPS) is 10.9. The van der Waals surface area contributed by atoms with Gasteiger partial charge < -0.3 is 4.74 Å². The molecule has 0 saturated carbocycles. The average Bonchev–Trinajstić information content (AvgIpc) is 3.26. The van der Waals surface area contributed by atoms with Gasteiger partial charge in [-0.3, -0.25) is 14.7 Å². The number of para-hydroxylation sites is 2. The Balaban J connectivity index is 1.57. The van der Waals surface area contributed by atoms with E-state index in [-0.39, 0.29) is 5.91 Å². The van der Waals surface area contributed by atoms with Crippen LogP contribution in [0.25, 0.3) is 10.2 Å². The third-order valence-electron chi connectivity index (χ3n) is 5.62. The number of hydrogen-bond donors (Lipinski definition) is 0. The fourth-order valence-electron chi connectivity index (χ4n) is 3.68. The summed E-state index contributed by atoms with van der Waals surface area (Å²) in [4.78, 5) is 24.7. The van der Waals surface area contributed by atoms with Crippen molar-refractivity contribution in [1.29, 1.82) is 0 Å². The molecule has 5 rings (SSSR count). The Kier molecular flexibility index (Phi) is 6.06. The van der Waals surface area contributed by atoms with Gasteiger partial charge in [0.15, 0.2) is 5.13 Å². The number of rotatable bonds is 6. The lowest BCUT2D eigenvalue weighted by molar-refractivity contribution is 0.0983. The predicted octanol–water partition coefficient (Wildman–Crippen LogP) is 6.95. The first-order chi connectivity index (χ1) is 16.6. The number of carbonyl (C=O) groups is 1. The van der Waals surface area contributed by atoms with Crippen LogP contribution in [0.4, 0.5) is 5.13 Å². The Hall–Kier alpha value is -4.03. The minimum atomic E-state index is -0.178. The van der Waals surface area contributed by atoms with Crippen LogP contribution in [0.3, 0.4) is 0 Å². The number of thiazole rings is 1. The van der Waals surface area contributed by atoms with Gasteiger partial charge in [0.2, 0.25) is 0 Å². The van der Waals surface area contributed by atoms with E-state index in [1.807, 2.05) is 60.7 Å². The van der Waals surface area contributed by atoms with Gasteiger partial charge in [-0.05, 0) is 73.0 Å². The van der Waals surface area contributed by atoms with Crippen LogP contribution in [0, 0.1) is 13.8 Å². The van der Waals surface area contributed by atoms with Gasteiger partial charge >= 0.3 is 0 Å². The van der Waals surface area contributed by atoms with Crippen LogP contribution in [0.2, 0.25) is 0 Å². The van der Waals surface area contributed by atoms with Crippen LogP contribution < -0.4 is 9.64 Å². The molecule has 0 unspecified atom stereocenters. The number of amides is 1. The molecule has 0 radical (unpaired) electrons. The first kappa shape index (κ1) is 21.8.